The predicted molar refractivity (Wildman–Crippen MR) is 111 cm³/mol. The van der Waals surface area contributed by atoms with Gasteiger partial charge in [0.25, 0.3) is 0 Å². The van der Waals surface area contributed by atoms with E-state index in [-0.39, 0.29) is 17.5 Å². The van der Waals surface area contributed by atoms with Crippen LogP contribution in [0.5, 0.6) is 0 Å². The summed E-state index contributed by atoms with van der Waals surface area (Å²) in [4.78, 5) is 29.8. The number of hydrogen-bond acceptors (Lipinski definition) is 4. The second kappa shape index (κ2) is 8.05. The minimum Gasteiger partial charge on any atom is -0.325 e. The Kier molecular flexibility index (Phi) is 5.48. The summed E-state index contributed by atoms with van der Waals surface area (Å²) in [7, 11) is 2.09. The molecule has 1 amide bonds. The molecule has 2 aromatic carbocycles. The van der Waals surface area contributed by atoms with Gasteiger partial charge in [0.05, 0.1) is 12.0 Å². The predicted octanol–water partition coefficient (Wildman–Crippen LogP) is 2.93. The largest absolute Gasteiger partial charge is 0.325 e. The minimum atomic E-state index is -0.777. The molecule has 0 atom stereocenters. The summed E-state index contributed by atoms with van der Waals surface area (Å²) in [6.45, 7) is 4.16. The van der Waals surface area contributed by atoms with Crippen LogP contribution < -0.4 is 5.32 Å². The third-order valence-corrected chi connectivity index (χ3v) is 6.00. The highest BCUT2D eigenvalue weighted by Gasteiger charge is 2.52. The molecule has 2 fully saturated rings. The number of carbonyl (C=O) groups is 2. The maximum atomic E-state index is 14.2. The van der Waals surface area contributed by atoms with Crippen molar-refractivity contribution >= 4 is 17.4 Å². The number of piperazine rings is 1. The average Bonchev–Trinajstić information content (AvgIpc) is 3.52. The molecule has 0 spiro atoms. The van der Waals surface area contributed by atoms with E-state index >= 15 is 0 Å². The SMILES string of the molecule is CN1CCN(CC(=O)c2ccc(NC(=O)C3(c4ccccc4F)CC3)cc2)CC1. The maximum absolute atomic E-state index is 14.2. The molecule has 1 N–H and O–H groups in total. The monoisotopic (exact) mass is 395 g/mol. The van der Waals surface area contributed by atoms with Crippen molar-refractivity contribution in [3.63, 3.8) is 0 Å². The zero-order chi connectivity index (χ0) is 20.4. The molecule has 0 bridgehead atoms. The Balaban J connectivity index is 1.38. The van der Waals surface area contributed by atoms with E-state index in [4.69, 9.17) is 0 Å². The number of carbonyl (C=O) groups excluding carboxylic acids is 2. The van der Waals surface area contributed by atoms with Gasteiger partial charge in [-0.05, 0) is 50.2 Å². The number of likely N-dealkylation sites (N-methyl/N-ethyl adjacent to an activating group) is 1. The van der Waals surface area contributed by atoms with Crippen LogP contribution in [0.15, 0.2) is 48.5 Å². The van der Waals surface area contributed by atoms with Gasteiger partial charge in [0, 0.05) is 43.0 Å². The van der Waals surface area contributed by atoms with Crippen molar-refractivity contribution in [1.29, 1.82) is 0 Å². The molecule has 1 aliphatic carbocycles. The summed E-state index contributed by atoms with van der Waals surface area (Å²) in [6.07, 6.45) is 1.28. The lowest BCUT2D eigenvalue weighted by molar-refractivity contribution is -0.118. The van der Waals surface area contributed by atoms with Gasteiger partial charge in [-0.15, -0.1) is 0 Å². The number of Topliss-reactive ketones (excluding diaryl/α,β-unsaturated/α-hetero) is 1. The molecule has 1 saturated carbocycles. The van der Waals surface area contributed by atoms with E-state index < -0.39 is 5.41 Å². The number of hydrogen-bond donors (Lipinski definition) is 1. The zero-order valence-corrected chi connectivity index (χ0v) is 16.7. The summed E-state index contributed by atoms with van der Waals surface area (Å²) in [5.74, 6) is -0.457. The molecule has 1 heterocycles. The van der Waals surface area contributed by atoms with Crippen molar-refractivity contribution in [3.8, 4) is 0 Å². The van der Waals surface area contributed by atoms with Gasteiger partial charge in [0.1, 0.15) is 5.82 Å². The summed E-state index contributed by atoms with van der Waals surface area (Å²) in [5, 5.41) is 2.89. The van der Waals surface area contributed by atoms with Gasteiger partial charge in [-0.2, -0.15) is 0 Å². The van der Waals surface area contributed by atoms with Crippen LogP contribution in [0.4, 0.5) is 10.1 Å². The Bertz CT molecular complexity index is 901. The number of rotatable bonds is 6. The van der Waals surface area contributed by atoms with Gasteiger partial charge >= 0.3 is 0 Å². The highest BCUT2D eigenvalue weighted by atomic mass is 19.1. The first-order chi connectivity index (χ1) is 14.0. The lowest BCUT2D eigenvalue weighted by Gasteiger charge is -2.31. The number of nitrogens with zero attached hydrogens (tertiary/aromatic N) is 2. The van der Waals surface area contributed by atoms with E-state index in [2.05, 4.69) is 22.2 Å². The Morgan fingerprint density at radius 2 is 1.66 bits per heavy atom. The second-order valence-electron chi connectivity index (χ2n) is 8.10. The van der Waals surface area contributed by atoms with Gasteiger partial charge < -0.3 is 10.2 Å². The van der Waals surface area contributed by atoms with E-state index in [1.807, 2.05) is 0 Å². The molecule has 1 aliphatic heterocycles. The standard InChI is InChI=1S/C23H26FN3O2/c1-26-12-14-27(15-13-26)16-21(28)17-6-8-18(9-7-17)25-22(29)23(10-11-23)19-4-2-3-5-20(19)24/h2-9H,10-16H2,1H3,(H,25,29). The Morgan fingerprint density at radius 1 is 1.00 bits per heavy atom. The highest BCUT2D eigenvalue weighted by molar-refractivity contribution is 6.02. The quantitative estimate of drug-likeness (QED) is 0.765. The van der Waals surface area contributed by atoms with E-state index in [1.54, 1.807) is 42.5 Å². The molecular formula is C23H26FN3O2. The molecule has 152 valence electrons. The van der Waals surface area contributed by atoms with Crippen molar-refractivity contribution < 1.29 is 14.0 Å². The molecule has 0 unspecified atom stereocenters. The summed E-state index contributed by atoms with van der Waals surface area (Å²) in [6, 6.07) is 13.4. The molecule has 2 aromatic rings. The number of amides is 1. The normalized spacial score (nSPS) is 19.0. The van der Waals surface area contributed by atoms with Gasteiger partial charge in [-0.1, -0.05) is 18.2 Å². The fourth-order valence-corrected chi connectivity index (χ4v) is 3.88. The van der Waals surface area contributed by atoms with Gasteiger partial charge in [0.15, 0.2) is 5.78 Å². The maximum Gasteiger partial charge on any atom is 0.235 e. The fourth-order valence-electron chi connectivity index (χ4n) is 3.88. The second-order valence-corrected chi connectivity index (χ2v) is 8.10. The van der Waals surface area contributed by atoms with Crippen LogP contribution >= 0.6 is 0 Å². The third kappa shape index (κ3) is 4.23. The summed E-state index contributed by atoms with van der Waals surface area (Å²) < 4.78 is 14.2. The average molecular weight is 395 g/mol. The number of nitrogens with one attached hydrogen (secondary N) is 1. The molecule has 5 nitrogen and oxygen atoms in total. The van der Waals surface area contributed by atoms with Crippen LogP contribution in [0.1, 0.15) is 28.8 Å². The van der Waals surface area contributed by atoms with Crippen molar-refractivity contribution in [2.24, 2.45) is 0 Å². The molecule has 0 radical (unpaired) electrons. The number of anilines is 1. The molecule has 4 rings (SSSR count). The van der Waals surface area contributed by atoms with Crippen LogP contribution in [-0.4, -0.2) is 61.3 Å². The number of ketones is 1. The van der Waals surface area contributed by atoms with Crippen LogP contribution in [0.3, 0.4) is 0 Å². The Hall–Kier alpha value is -2.57. The number of halogens is 1. The summed E-state index contributed by atoms with van der Waals surface area (Å²) in [5.41, 5.74) is 0.934. The smallest absolute Gasteiger partial charge is 0.235 e. The third-order valence-electron chi connectivity index (χ3n) is 6.00. The fraction of sp³-hybridized carbons (Fsp3) is 0.391. The number of benzene rings is 2. The first-order valence-electron chi connectivity index (χ1n) is 10.1. The molecular weight excluding hydrogens is 369 g/mol. The lowest BCUT2D eigenvalue weighted by atomic mass is 9.94. The molecule has 29 heavy (non-hydrogen) atoms. The topological polar surface area (TPSA) is 52.6 Å². The van der Waals surface area contributed by atoms with Gasteiger partial charge in [-0.25, -0.2) is 4.39 Å². The van der Waals surface area contributed by atoms with E-state index in [0.29, 0.717) is 36.2 Å². The lowest BCUT2D eigenvalue weighted by Crippen LogP contribution is -2.46. The van der Waals surface area contributed by atoms with E-state index in [9.17, 15) is 14.0 Å². The van der Waals surface area contributed by atoms with Crippen LogP contribution in [0.25, 0.3) is 0 Å². The highest BCUT2D eigenvalue weighted by Crippen LogP contribution is 2.49. The van der Waals surface area contributed by atoms with Crippen molar-refractivity contribution in [2.75, 3.05) is 45.1 Å². The molecule has 2 aliphatic rings. The van der Waals surface area contributed by atoms with E-state index in [1.165, 1.54) is 6.07 Å². The summed E-state index contributed by atoms with van der Waals surface area (Å²) >= 11 is 0. The van der Waals surface area contributed by atoms with Crippen LogP contribution in [0.2, 0.25) is 0 Å². The molecule has 0 aromatic heterocycles. The van der Waals surface area contributed by atoms with E-state index in [0.717, 1.165) is 26.2 Å². The van der Waals surface area contributed by atoms with Gasteiger partial charge in [0.2, 0.25) is 5.91 Å². The molecule has 1 saturated heterocycles. The van der Waals surface area contributed by atoms with Crippen LogP contribution in [0, 0.1) is 5.82 Å². The first-order valence-corrected chi connectivity index (χ1v) is 10.1. The van der Waals surface area contributed by atoms with Crippen molar-refractivity contribution in [2.45, 2.75) is 18.3 Å². The Labute approximate surface area is 170 Å². The zero-order valence-electron chi connectivity index (χ0n) is 16.7. The van der Waals surface area contributed by atoms with Crippen LogP contribution in [-0.2, 0) is 10.2 Å². The minimum absolute atomic E-state index is 0.0810. The van der Waals surface area contributed by atoms with Gasteiger partial charge in [-0.3, -0.25) is 14.5 Å². The first kappa shape index (κ1) is 19.7. The Morgan fingerprint density at radius 3 is 2.28 bits per heavy atom. The van der Waals surface area contributed by atoms with Crippen molar-refractivity contribution in [1.82, 2.24) is 9.80 Å². The molecule has 6 heteroatoms. The van der Waals surface area contributed by atoms with Crippen molar-refractivity contribution in [3.05, 3.63) is 65.5 Å².